The van der Waals surface area contributed by atoms with Gasteiger partial charge in [0.25, 0.3) is 0 Å². The molecule has 8 aliphatic carbocycles. The van der Waals surface area contributed by atoms with Crippen LogP contribution in [0.4, 0.5) is 0 Å². The molecular weight excluding hydrogens is 1590 g/mol. The zero-order valence-corrected chi connectivity index (χ0v) is 67.2. The molecule has 0 aromatic heterocycles. The molecule has 4 fully saturated rings. The Labute approximate surface area is 620 Å². The minimum Gasteiger partial charge on any atom is -0.358 e. The fourth-order valence-corrected chi connectivity index (χ4v) is 17.7. The summed E-state index contributed by atoms with van der Waals surface area (Å²) in [6.45, 7) is 27.4. The molecule has 0 spiro atoms. The van der Waals surface area contributed by atoms with E-state index in [-0.39, 0.29) is 125 Å². The van der Waals surface area contributed by atoms with Crippen LogP contribution in [0.5, 0.6) is 0 Å². The molecule has 0 saturated heterocycles. The molecular formula is C90H114O2Os2Ru. The summed E-state index contributed by atoms with van der Waals surface area (Å²) in [5.41, 5.74) is 25.1. The maximum Gasteiger partial charge on any atom is 2.00 e. The van der Waals surface area contributed by atoms with Gasteiger partial charge in [-0.1, -0.05) is 314 Å². The minimum atomic E-state index is 0. The van der Waals surface area contributed by atoms with Gasteiger partial charge < -0.3 is 44.6 Å². The van der Waals surface area contributed by atoms with Crippen LogP contribution < -0.4 is 0 Å². The van der Waals surface area contributed by atoms with Crippen LogP contribution in [0.3, 0.4) is 0 Å². The number of hydrogen-bond acceptors (Lipinski definition) is 0. The van der Waals surface area contributed by atoms with Gasteiger partial charge in [0.15, 0.2) is 0 Å². The Bertz CT molecular complexity index is 2910. The molecule has 95 heavy (non-hydrogen) atoms. The van der Waals surface area contributed by atoms with Crippen LogP contribution in [-0.2, 0) is 90.0 Å². The molecule has 2 nitrogen and oxygen atoms in total. The zero-order chi connectivity index (χ0) is 60.9. The second kappa shape index (κ2) is 41.5. The standard InChI is InChI=1S/4C19H20.2C3H8.2CO.6CH3.2Os.Ru/c4*1-19(14-8-2-3-9-14)17-12-6-4-10-15(17)16-11-5-7-13-18(16)19;2*1-3-2;2*1-2;;;;;;;;;/h4*4-7,10-14H,2-3,8-9H2,1H3;2*3H2,1-2H3;;;6*1H3;;;/q;;;;;;;;6*-1;3*+2. The first-order valence-corrected chi connectivity index (χ1v) is 33.3. The van der Waals surface area contributed by atoms with Crippen molar-refractivity contribution in [1.82, 2.24) is 0 Å². The fourth-order valence-electron chi connectivity index (χ4n) is 17.7. The first-order chi connectivity index (χ1) is 42.1. The molecule has 8 aliphatic rings. The molecule has 0 heterocycles. The van der Waals surface area contributed by atoms with Crippen molar-refractivity contribution >= 4 is 0 Å². The third-order valence-electron chi connectivity index (χ3n) is 21.7. The molecule has 0 unspecified atom stereocenters. The van der Waals surface area contributed by atoms with E-state index >= 15 is 0 Å². The summed E-state index contributed by atoms with van der Waals surface area (Å²) < 4.78 is 15.0. The van der Waals surface area contributed by atoms with E-state index in [0.717, 1.165) is 23.7 Å². The van der Waals surface area contributed by atoms with Crippen molar-refractivity contribution in [2.24, 2.45) is 23.7 Å². The second-order valence-corrected chi connectivity index (χ2v) is 26.5. The first kappa shape index (κ1) is 90.1. The summed E-state index contributed by atoms with van der Waals surface area (Å²) in [7, 11) is 0. The number of benzene rings is 8. The van der Waals surface area contributed by atoms with Crippen LogP contribution >= 0.6 is 0 Å². The van der Waals surface area contributed by atoms with E-state index in [4.69, 9.17) is 9.30 Å². The summed E-state index contributed by atoms with van der Waals surface area (Å²) in [4.78, 5) is 0. The van der Waals surface area contributed by atoms with Crippen molar-refractivity contribution in [2.75, 3.05) is 0 Å². The predicted octanol–water partition coefficient (Wildman–Crippen LogP) is 26.1. The van der Waals surface area contributed by atoms with Crippen LogP contribution in [0.1, 0.15) is 215 Å². The summed E-state index contributed by atoms with van der Waals surface area (Å²) in [5.74, 6) is 3.27. The van der Waals surface area contributed by atoms with Crippen molar-refractivity contribution in [2.45, 2.75) is 193 Å². The van der Waals surface area contributed by atoms with Gasteiger partial charge in [0.2, 0.25) is 0 Å². The molecule has 4 saturated carbocycles. The normalized spacial score (nSPS) is 16.6. The minimum absolute atomic E-state index is 0. The summed E-state index contributed by atoms with van der Waals surface area (Å²) in [6, 6.07) is 72.3. The first-order valence-electron chi connectivity index (χ1n) is 33.3. The Morgan fingerprint density at radius 1 is 0.253 bits per heavy atom. The summed E-state index contributed by atoms with van der Waals surface area (Å²) >= 11 is 0. The van der Waals surface area contributed by atoms with E-state index in [9.17, 15) is 0 Å². The largest absolute Gasteiger partial charge is 2.00 e. The Kier molecular flexibility index (Phi) is 39.4. The SMILES string of the molecule is CC1(C2CCCC2)c2ccccc2-c2ccccc21.CC1(C2CCCC2)c2ccccc2-c2ccccc21.CC1(C2CCCC2)c2ccccc2-c2ccccc21.CC1(C2CCCC2)c2ccccc2-c2ccccc21.CCC.CCC.[C-]#[O+].[C-]#[O+].[CH3-].[CH3-].[CH3-].[CH3-].[CH3-].[CH3-].[Os+2].[Os+2].[Ru+2]. The Morgan fingerprint density at radius 3 is 0.453 bits per heavy atom. The van der Waals surface area contributed by atoms with Crippen LogP contribution in [-0.4, -0.2) is 0 Å². The van der Waals surface area contributed by atoms with E-state index in [2.05, 4.69) is 263 Å². The number of fused-ring (bicyclic) bond motifs is 12. The number of rotatable bonds is 4. The van der Waals surface area contributed by atoms with Gasteiger partial charge in [0.1, 0.15) is 0 Å². The van der Waals surface area contributed by atoms with Gasteiger partial charge in [-0.15, -0.1) is 0 Å². The van der Waals surface area contributed by atoms with Crippen molar-refractivity contribution < 1.29 is 68.4 Å². The van der Waals surface area contributed by atoms with E-state index in [1.54, 1.807) is 44.5 Å². The van der Waals surface area contributed by atoms with E-state index in [0.29, 0.717) is 0 Å². The van der Waals surface area contributed by atoms with Crippen molar-refractivity contribution in [3.8, 4) is 44.5 Å². The predicted molar refractivity (Wildman–Crippen MR) is 399 cm³/mol. The van der Waals surface area contributed by atoms with Gasteiger partial charge in [-0.3, -0.25) is 0 Å². The molecule has 16 rings (SSSR count). The molecule has 0 N–H and O–H groups in total. The molecule has 5 heteroatoms. The van der Waals surface area contributed by atoms with Gasteiger partial charge in [-0.25, -0.2) is 0 Å². The van der Waals surface area contributed by atoms with E-state index < -0.39 is 0 Å². The van der Waals surface area contributed by atoms with Crippen LogP contribution in [0.2, 0.25) is 0 Å². The maximum absolute atomic E-state index is 7.50. The van der Waals surface area contributed by atoms with Crippen LogP contribution in [0.15, 0.2) is 194 Å². The third kappa shape index (κ3) is 17.1. The summed E-state index contributed by atoms with van der Waals surface area (Å²) in [6.07, 6.45) is 24.9. The Balaban J connectivity index is 0.00000115. The third-order valence-corrected chi connectivity index (χ3v) is 21.7. The fraction of sp³-hybridized carbons (Fsp3) is 0.378. The van der Waals surface area contributed by atoms with Crippen LogP contribution in [0.25, 0.3) is 44.5 Å². The van der Waals surface area contributed by atoms with E-state index in [1.807, 2.05) is 0 Å². The molecule has 0 radical (unpaired) electrons. The average Bonchev–Trinajstić information content (AvgIpc) is 1.61. The van der Waals surface area contributed by atoms with Gasteiger partial charge in [0, 0.05) is 21.7 Å². The smallest absolute Gasteiger partial charge is 0.358 e. The van der Waals surface area contributed by atoms with Gasteiger partial charge in [0.05, 0.1) is 0 Å². The van der Waals surface area contributed by atoms with Gasteiger partial charge >= 0.3 is 81.7 Å². The Hall–Kier alpha value is -4.86. The Morgan fingerprint density at radius 2 is 0.347 bits per heavy atom. The quantitative estimate of drug-likeness (QED) is 0.0957. The van der Waals surface area contributed by atoms with Gasteiger partial charge in [-0.2, -0.15) is 0 Å². The zero-order valence-electron chi connectivity index (χ0n) is 60.4. The van der Waals surface area contributed by atoms with Crippen molar-refractivity contribution in [3.63, 3.8) is 0 Å². The molecule has 0 amide bonds. The number of hydrogen-bond donors (Lipinski definition) is 0. The summed E-state index contributed by atoms with van der Waals surface area (Å²) in [5, 5.41) is 0. The van der Waals surface area contributed by atoms with Crippen molar-refractivity contribution in [3.05, 3.63) is 296 Å². The van der Waals surface area contributed by atoms with Crippen molar-refractivity contribution in [1.29, 1.82) is 0 Å². The molecule has 8 aromatic rings. The average molecular weight is 1710 g/mol. The second-order valence-electron chi connectivity index (χ2n) is 26.5. The topological polar surface area (TPSA) is 39.8 Å². The van der Waals surface area contributed by atoms with Crippen LogP contribution in [0, 0.1) is 81.5 Å². The molecule has 0 atom stereocenters. The van der Waals surface area contributed by atoms with Gasteiger partial charge in [-0.05, 0) is 164 Å². The molecule has 0 bridgehead atoms. The van der Waals surface area contributed by atoms with E-state index in [1.165, 1.54) is 160 Å². The monoisotopic (exact) mass is 1710 g/mol. The molecule has 8 aromatic carbocycles. The molecule has 510 valence electrons. The maximum atomic E-state index is 7.50. The molecule has 0 aliphatic heterocycles.